The molecule has 0 aromatic heterocycles. The van der Waals surface area contributed by atoms with Gasteiger partial charge in [0.25, 0.3) is 0 Å². The number of benzene rings is 2. The van der Waals surface area contributed by atoms with Crippen molar-refractivity contribution in [2.75, 3.05) is 24.2 Å². The van der Waals surface area contributed by atoms with E-state index in [1.54, 1.807) is 0 Å². The van der Waals surface area contributed by atoms with Gasteiger partial charge in [-0.25, -0.2) is 0 Å². The summed E-state index contributed by atoms with van der Waals surface area (Å²) < 4.78 is 5.63. The lowest BCUT2D eigenvalue weighted by atomic mass is 10.2. The Bertz CT molecular complexity index is 511. The van der Waals surface area contributed by atoms with Gasteiger partial charge in [-0.05, 0) is 49.2 Å². The Morgan fingerprint density at radius 1 is 1.11 bits per heavy atom. The smallest absolute Gasteiger partial charge is 0.119 e. The van der Waals surface area contributed by atoms with Crippen molar-refractivity contribution >= 4 is 11.4 Å². The number of ether oxygens (including phenoxy) is 1. The van der Waals surface area contributed by atoms with E-state index < -0.39 is 0 Å². The summed E-state index contributed by atoms with van der Waals surface area (Å²) in [4.78, 5) is 0. The van der Waals surface area contributed by atoms with Crippen molar-refractivity contribution in [1.82, 2.24) is 0 Å². The highest BCUT2D eigenvalue weighted by Gasteiger charge is 1.96. The van der Waals surface area contributed by atoms with Crippen LogP contribution in [0.4, 0.5) is 11.4 Å². The second-order valence-corrected chi connectivity index (χ2v) is 4.51. The maximum atomic E-state index is 5.78. The van der Waals surface area contributed by atoms with E-state index in [0.717, 1.165) is 35.7 Å². The van der Waals surface area contributed by atoms with Crippen molar-refractivity contribution in [3.63, 3.8) is 0 Å². The van der Waals surface area contributed by atoms with Crippen LogP contribution in [0.25, 0.3) is 0 Å². The largest absolute Gasteiger partial charge is 0.494 e. The highest BCUT2D eigenvalue weighted by atomic mass is 16.5. The van der Waals surface area contributed by atoms with E-state index in [-0.39, 0.29) is 0 Å². The number of aryl methyl sites for hydroxylation is 1. The number of nitrogen functional groups attached to an aromatic ring is 1. The summed E-state index contributed by atoms with van der Waals surface area (Å²) in [6.45, 7) is 3.61. The summed E-state index contributed by atoms with van der Waals surface area (Å²) in [7, 11) is 0. The van der Waals surface area contributed by atoms with Gasteiger partial charge in [0.2, 0.25) is 0 Å². The highest BCUT2D eigenvalue weighted by molar-refractivity contribution is 5.56. The van der Waals surface area contributed by atoms with E-state index in [9.17, 15) is 0 Å². The third kappa shape index (κ3) is 4.21. The van der Waals surface area contributed by atoms with Crippen molar-refractivity contribution in [1.29, 1.82) is 0 Å². The Morgan fingerprint density at radius 2 is 1.89 bits per heavy atom. The predicted octanol–water partition coefficient (Wildman–Crippen LogP) is 3.46. The van der Waals surface area contributed by atoms with Crippen molar-refractivity contribution in [3.05, 3.63) is 54.1 Å². The van der Waals surface area contributed by atoms with Gasteiger partial charge in [0.05, 0.1) is 6.61 Å². The molecule has 0 saturated carbocycles. The quantitative estimate of drug-likeness (QED) is 0.614. The number of rotatable bonds is 6. The van der Waals surface area contributed by atoms with E-state index in [4.69, 9.17) is 10.5 Å². The van der Waals surface area contributed by atoms with Crippen molar-refractivity contribution < 1.29 is 4.74 Å². The molecule has 2 aromatic carbocycles. The fourth-order valence-electron chi connectivity index (χ4n) is 1.80. The Hall–Kier alpha value is -2.16. The first kappa shape index (κ1) is 13.3. The van der Waals surface area contributed by atoms with E-state index in [2.05, 4.69) is 11.4 Å². The molecule has 0 amide bonds. The van der Waals surface area contributed by atoms with Gasteiger partial charge in [0.1, 0.15) is 5.75 Å². The molecule has 0 bridgehead atoms. The Balaban J connectivity index is 1.68. The first-order valence-electron chi connectivity index (χ1n) is 6.53. The van der Waals surface area contributed by atoms with E-state index >= 15 is 0 Å². The zero-order valence-electron chi connectivity index (χ0n) is 11.2. The number of para-hydroxylation sites is 1. The maximum Gasteiger partial charge on any atom is 0.119 e. The summed E-state index contributed by atoms with van der Waals surface area (Å²) in [5.41, 5.74) is 8.82. The molecular formula is C16H20N2O. The van der Waals surface area contributed by atoms with E-state index in [1.807, 2.05) is 49.4 Å². The minimum Gasteiger partial charge on any atom is -0.494 e. The Labute approximate surface area is 114 Å². The molecule has 100 valence electrons. The number of nitrogens with two attached hydrogens (primary N) is 1. The highest BCUT2D eigenvalue weighted by Crippen LogP contribution is 2.16. The second-order valence-electron chi connectivity index (χ2n) is 4.51. The predicted molar refractivity (Wildman–Crippen MR) is 80.6 cm³/mol. The van der Waals surface area contributed by atoms with Crippen LogP contribution >= 0.6 is 0 Å². The van der Waals surface area contributed by atoms with Crippen molar-refractivity contribution in [3.8, 4) is 5.75 Å². The summed E-state index contributed by atoms with van der Waals surface area (Å²) >= 11 is 0. The summed E-state index contributed by atoms with van der Waals surface area (Å²) in [6, 6.07) is 15.9. The topological polar surface area (TPSA) is 47.3 Å². The molecule has 0 saturated heterocycles. The normalized spacial score (nSPS) is 10.2. The SMILES string of the molecule is Cc1cc(NCCCOc2ccccc2)ccc1N. The molecule has 2 rings (SSSR count). The maximum absolute atomic E-state index is 5.78. The molecule has 0 aliphatic heterocycles. The van der Waals surface area contributed by atoms with E-state index in [1.165, 1.54) is 0 Å². The van der Waals surface area contributed by atoms with Gasteiger partial charge >= 0.3 is 0 Å². The zero-order valence-corrected chi connectivity index (χ0v) is 11.2. The van der Waals surface area contributed by atoms with Crippen LogP contribution in [0.15, 0.2) is 48.5 Å². The van der Waals surface area contributed by atoms with Gasteiger partial charge < -0.3 is 15.8 Å². The number of hydrogen-bond donors (Lipinski definition) is 2. The molecule has 0 heterocycles. The molecule has 2 aromatic rings. The van der Waals surface area contributed by atoms with Gasteiger partial charge in [-0.15, -0.1) is 0 Å². The molecule has 0 aliphatic rings. The molecule has 0 atom stereocenters. The van der Waals surface area contributed by atoms with Crippen LogP contribution < -0.4 is 15.8 Å². The molecule has 0 fully saturated rings. The molecule has 3 nitrogen and oxygen atoms in total. The number of nitrogens with one attached hydrogen (secondary N) is 1. The second kappa shape index (κ2) is 6.69. The van der Waals surface area contributed by atoms with Crippen LogP contribution in [-0.4, -0.2) is 13.2 Å². The molecule has 3 heteroatoms. The average Bonchev–Trinajstić information content (AvgIpc) is 2.43. The lowest BCUT2D eigenvalue weighted by Crippen LogP contribution is -2.07. The Morgan fingerprint density at radius 3 is 2.63 bits per heavy atom. The third-order valence-corrected chi connectivity index (χ3v) is 2.93. The van der Waals surface area contributed by atoms with Gasteiger partial charge in [-0.1, -0.05) is 18.2 Å². The van der Waals surface area contributed by atoms with Crippen molar-refractivity contribution in [2.45, 2.75) is 13.3 Å². The van der Waals surface area contributed by atoms with E-state index in [0.29, 0.717) is 6.61 Å². The molecule has 19 heavy (non-hydrogen) atoms. The lowest BCUT2D eigenvalue weighted by molar-refractivity contribution is 0.315. The van der Waals surface area contributed by atoms with Crippen LogP contribution in [0, 0.1) is 6.92 Å². The standard InChI is InChI=1S/C16H20N2O/c1-13-12-14(8-9-16(13)17)18-10-5-11-19-15-6-3-2-4-7-15/h2-4,6-9,12,18H,5,10-11,17H2,1H3. The summed E-state index contributed by atoms with van der Waals surface area (Å²) in [6.07, 6.45) is 0.957. The number of anilines is 2. The molecular weight excluding hydrogens is 236 g/mol. The van der Waals surface area contributed by atoms with Crippen LogP contribution in [0.2, 0.25) is 0 Å². The minimum atomic E-state index is 0.713. The summed E-state index contributed by atoms with van der Waals surface area (Å²) in [5.74, 6) is 0.922. The summed E-state index contributed by atoms with van der Waals surface area (Å²) in [5, 5.41) is 3.36. The first-order valence-corrected chi connectivity index (χ1v) is 6.53. The molecule has 0 radical (unpaired) electrons. The molecule has 0 aliphatic carbocycles. The van der Waals surface area contributed by atoms with Gasteiger partial charge in [-0.3, -0.25) is 0 Å². The van der Waals surface area contributed by atoms with Gasteiger partial charge in [-0.2, -0.15) is 0 Å². The fourth-order valence-corrected chi connectivity index (χ4v) is 1.80. The molecule has 3 N–H and O–H groups in total. The molecule has 0 unspecified atom stereocenters. The van der Waals surface area contributed by atoms with Crippen LogP contribution in [0.1, 0.15) is 12.0 Å². The third-order valence-electron chi connectivity index (χ3n) is 2.93. The Kier molecular flexibility index (Phi) is 4.67. The zero-order chi connectivity index (χ0) is 13.5. The van der Waals surface area contributed by atoms with Crippen LogP contribution in [0.5, 0.6) is 5.75 Å². The fraction of sp³-hybridized carbons (Fsp3) is 0.250. The minimum absolute atomic E-state index is 0.713. The van der Waals surface area contributed by atoms with Gasteiger partial charge in [0.15, 0.2) is 0 Å². The lowest BCUT2D eigenvalue weighted by Gasteiger charge is -2.09. The first-order chi connectivity index (χ1) is 9.25. The monoisotopic (exact) mass is 256 g/mol. The average molecular weight is 256 g/mol. The van der Waals surface area contributed by atoms with Gasteiger partial charge in [0, 0.05) is 17.9 Å². The molecule has 0 spiro atoms. The van der Waals surface area contributed by atoms with Crippen LogP contribution in [0.3, 0.4) is 0 Å². The van der Waals surface area contributed by atoms with Crippen molar-refractivity contribution in [2.24, 2.45) is 0 Å². The van der Waals surface area contributed by atoms with Crippen LogP contribution in [-0.2, 0) is 0 Å². The number of hydrogen-bond acceptors (Lipinski definition) is 3.